The van der Waals surface area contributed by atoms with Gasteiger partial charge in [-0.15, -0.1) is 0 Å². The van der Waals surface area contributed by atoms with Gasteiger partial charge in [0.25, 0.3) is 0 Å². The summed E-state index contributed by atoms with van der Waals surface area (Å²) in [6.07, 6.45) is 0. The molecule has 0 atom stereocenters. The largest absolute Gasteiger partial charge is 0.444 e. The second-order valence-corrected chi connectivity index (χ2v) is 5.43. The van der Waals surface area contributed by atoms with E-state index in [-0.39, 0.29) is 24.2 Å². The number of aryl methyl sites for hydroxylation is 1. The number of hydrogen-bond acceptors (Lipinski definition) is 5. The van der Waals surface area contributed by atoms with Crippen LogP contribution in [0.15, 0.2) is 4.42 Å². The molecule has 2 rings (SSSR count). The van der Waals surface area contributed by atoms with E-state index in [2.05, 4.69) is 5.32 Å². The smallest absolute Gasteiger partial charge is 0.240 e. The highest BCUT2D eigenvalue weighted by Gasteiger charge is 2.22. The molecule has 7 nitrogen and oxygen atoms in total. The quantitative estimate of drug-likeness (QED) is 0.895. The van der Waals surface area contributed by atoms with Crippen LogP contribution in [0.4, 0.5) is 5.88 Å². The molecule has 1 saturated heterocycles. The lowest BCUT2D eigenvalue weighted by atomic mass is 10.2. The highest BCUT2D eigenvalue weighted by Crippen LogP contribution is 2.25. The number of carbonyl (C=O) groups excluding carboxylic acids is 2. The van der Waals surface area contributed by atoms with Crippen LogP contribution in [0.5, 0.6) is 0 Å². The third-order valence-corrected chi connectivity index (χ3v) is 3.93. The third kappa shape index (κ3) is 3.46. The number of furan rings is 1. The number of piperazine rings is 1. The molecule has 0 spiro atoms. The highest BCUT2D eigenvalue weighted by atomic mass is 16.4. The van der Waals surface area contributed by atoms with E-state index in [1.807, 2.05) is 11.0 Å². The van der Waals surface area contributed by atoms with Crippen molar-refractivity contribution < 1.29 is 14.0 Å². The Bertz CT molecular complexity index is 621. The van der Waals surface area contributed by atoms with Gasteiger partial charge in [-0.1, -0.05) is 0 Å². The number of nitriles is 1. The molecule has 7 heteroatoms. The van der Waals surface area contributed by atoms with Gasteiger partial charge in [0.05, 0.1) is 6.54 Å². The van der Waals surface area contributed by atoms with Crippen molar-refractivity contribution in [1.82, 2.24) is 9.80 Å². The van der Waals surface area contributed by atoms with Crippen molar-refractivity contribution in [2.75, 3.05) is 38.0 Å². The first-order valence-corrected chi connectivity index (χ1v) is 7.20. The molecule has 0 bridgehead atoms. The zero-order chi connectivity index (χ0) is 16.3. The van der Waals surface area contributed by atoms with Gasteiger partial charge in [0.2, 0.25) is 17.7 Å². The Balaban J connectivity index is 1.91. The number of carbonyl (C=O) groups is 2. The number of nitrogens with zero attached hydrogens (tertiary/aromatic N) is 3. The van der Waals surface area contributed by atoms with Gasteiger partial charge < -0.3 is 9.32 Å². The fourth-order valence-corrected chi connectivity index (χ4v) is 2.44. The zero-order valence-corrected chi connectivity index (χ0v) is 13.1. The molecule has 1 aliphatic heterocycles. The molecular formula is C15H20N4O3. The Kier molecular flexibility index (Phi) is 4.83. The summed E-state index contributed by atoms with van der Waals surface area (Å²) in [5.74, 6) is 0.678. The van der Waals surface area contributed by atoms with Crippen LogP contribution in [0, 0.1) is 25.2 Å². The van der Waals surface area contributed by atoms with E-state index in [0.717, 1.165) is 5.56 Å². The molecule has 1 fully saturated rings. The summed E-state index contributed by atoms with van der Waals surface area (Å²) in [5, 5.41) is 11.8. The maximum absolute atomic E-state index is 12.1. The van der Waals surface area contributed by atoms with Crippen molar-refractivity contribution >= 4 is 17.7 Å². The molecule has 1 aliphatic rings. The molecule has 0 aliphatic carbocycles. The molecule has 1 aromatic heterocycles. The number of rotatable bonds is 3. The van der Waals surface area contributed by atoms with Crippen molar-refractivity contribution in [3.8, 4) is 6.07 Å². The summed E-state index contributed by atoms with van der Waals surface area (Å²) in [7, 11) is 0. The summed E-state index contributed by atoms with van der Waals surface area (Å²) in [4.78, 5) is 27.1. The van der Waals surface area contributed by atoms with Crippen LogP contribution in [-0.4, -0.2) is 54.3 Å². The van der Waals surface area contributed by atoms with Gasteiger partial charge in [0.15, 0.2) is 0 Å². The van der Waals surface area contributed by atoms with Crippen molar-refractivity contribution in [2.45, 2.75) is 20.8 Å². The monoisotopic (exact) mass is 304 g/mol. The van der Waals surface area contributed by atoms with Crippen LogP contribution in [0.3, 0.4) is 0 Å². The lowest BCUT2D eigenvalue weighted by Crippen LogP contribution is -2.49. The van der Waals surface area contributed by atoms with Crippen LogP contribution in [0.1, 0.15) is 23.8 Å². The van der Waals surface area contributed by atoms with E-state index < -0.39 is 0 Å². The van der Waals surface area contributed by atoms with Crippen molar-refractivity contribution in [3.63, 3.8) is 0 Å². The average molecular weight is 304 g/mol. The second kappa shape index (κ2) is 6.62. The summed E-state index contributed by atoms with van der Waals surface area (Å²) in [5.41, 5.74) is 1.11. The molecule has 1 N–H and O–H groups in total. The lowest BCUT2D eigenvalue weighted by Gasteiger charge is -2.33. The Hall–Kier alpha value is -2.33. The molecule has 2 heterocycles. The predicted octanol–water partition coefficient (Wildman–Crippen LogP) is 0.871. The van der Waals surface area contributed by atoms with E-state index in [1.165, 1.54) is 0 Å². The van der Waals surface area contributed by atoms with Gasteiger partial charge in [-0.3, -0.25) is 19.8 Å². The number of nitrogens with one attached hydrogen (secondary N) is 1. The third-order valence-electron chi connectivity index (χ3n) is 3.93. The summed E-state index contributed by atoms with van der Waals surface area (Å²) in [6, 6.07) is 2.05. The molecule has 1 aromatic rings. The zero-order valence-electron chi connectivity index (χ0n) is 13.1. The summed E-state index contributed by atoms with van der Waals surface area (Å²) >= 11 is 0. The van der Waals surface area contributed by atoms with Gasteiger partial charge in [-0.25, -0.2) is 0 Å². The Labute approximate surface area is 129 Å². The van der Waals surface area contributed by atoms with E-state index in [1.54, 1.807) is 25.7 Å². The average Bonchev–Trinajstić information content (AvgIpc) is 2.73. The fourth-order valence-electron chi connectivity index (χ4n) is 2.44. The highest BCUT2D eigenvalue weighted by molar-refractivity contribution is 5.92. The Morgan fingerprint density at radius 3 is 2.45 bits per heavy atom. The van der Waals surface area contributed by atoms with Crippen LogP contribution in [0.2, 0.25) is 0 Å². The minimum absolute atomic E-state index is 0.0595. The maximum Gasteiger partial charge on any atom is 0.240 e. The molecular weight excluding hydrogens is 284 g/mol. The predicted molar refractivity (Wildman–Crippen MR) is 80.2 cm³/mol. The SMILES string of the molecule is CC(=O)N1CCN(CC(=O)Nc2oc(C)c(C)c2C#N)CC1. The van der Waals surface area contributed by atoms with Gasteiger partial charge in [-0.05, 0) is 13.8 Å². The van der Waals surface area contributed by atoms with Crippen LogP contribution >= 0.6 is 0 Å². The topological polar surface area (TPSA) is 89.6 Å². The molecule has 2 amide bonds. The Morgan fingerprint density at radius 1 is 1.27 bits per heavy atom. The Morgan fingerprint density at radius 2 is 1.91 bits per heavy atom. The number of amides is 2. The first kappa shape index (κ1) is 16.0. The summed E-state index contributed by atoms with van der Waals surface area (Å²) < 4.78 is 5.42. The first-order chi connectivity index (χ1) is 10.4. The molecule has 0 saturated carbocycles. The number of hydrogen-bond donors (Lipinski definition) is 1. The van der Waals surface area contributed by atoms with Crippen LogP contribution < -0.4 is 5.32 Å². The van der Waals surface area contributed by atoms with Crippen molar-refractivity contribution in [1.29, 1.82) is 5.26 Å². The van der Waals surface area contributed by atoms with Gasteiger partial charge >= 0.3 is 0 Å². The standard InChI is InChI=1S/C15H20N4O3/c1-10-11(2)22-15(13(10)8-16)17-14(21)9-18-4-6-19(7-5-18)12(3)20/h4-7,9H2,1-3H3,(H,17,21). The second-order valence-electron chi connectivity index (χ2n) is 5.43. The minimum atomic E-state index is -0.221. The van der Waals surface area contributed by atoms with E-state index in [4.69, 9.17) is 9.68 Å². The molecule has 118 valence electrons. The normalized spacial score (nSPS) is 15.5. The van der Waals surface area contributed by atoms with Gasteiger partial charge in [-0.2, -0.15) is 5.26 Å². The van der Waals surface area contributed by atoms with E-state index in [9.17, 15) is 9.59 Å². The number of anilines is 1. The van der Waals surface area contributed by atoms with Crippen LogP contribution in [-0.2, 0) is 9.59 Å². The van der Waals surface area contributed by atoms with Crippen molar-refractivity contribution in [3.05, 3.63) is 16.9 Å². The van der Waals surface area contributed by atoms with Crippen molar-refractivity contribution in [2.24, 2.45) is 0 Å². The summed E-state index contributed by atoms with van der Waals surface area (Å²) in [6.45, 7) is 7.89. The van der Waals surface area contributed by atoms with Crippen LogP contribution in [0.25, 0.3) is 0 Å². The lowest BCUT2D eigenvalue weighted by molar-refractivity contribution is -0.130. The molecule has 0 unspecified atom stereocenters. The minimum Gasteiger partial charge on any atom is -0.444 e. The first-order valence-electron chi connectivity index (χ1n) is 7.20. The molecule has 22 heavy (non-hydrogen) atoms. The van der Waals surface area contributed by atoms with E-state index in [0.29, 0.717) is 37.5 Å². The fraction of sp³-hybridized carbons (Fsp3) is 0.533. The molecule has 0 aromatic carbocycles. The maximum atomic E-state index is 12.1. The van der Waals surface area contributed by atoms with Gasteiger partial charge in [0, 0.05) is 38.7 Å². The van der Waals surface area contributed by atoms with E-state index >= 15 is 0 Å². The molecule has 0 radical (unpaired) electrons. The van der Waals surface area contributed by atoms with Gasteiger partial charge in [0.1, 0.15) is 17.4 Å².